The Morgan fingerprint density at radius 3 is 2.56 bits per heavy atom. The minimum absolute atomic E-state index is 0.00750. The molecule has 0 unspecified atom stereocenters. The van der Waals surface area contributed by atoms with Crippen molar-refractivity contribution in [1.29, 1.82) is 0 Å². The molecule has 1 saturated heterocycles. The number of aliphatic hydroxyl groups is 1. The summed E-state index contributed by atoms with van der Waals surface area (Å²) in [6, 6.07) is 14.2. The number of aromatic hydroxyl groups is 2. The van der Waals surface area contributed by atoms with E-state index in [0.29, 0.717) is 25.7 Å². The lowest BCUT2D eigenvalue weighted by Crippen LogP contribution is -2.74. The third kappa shape index (κ3) is 5.94. The average molecular weight is 589 g/mol. The summed E-state index contributed by atoms with van der Waals surface area (Å²) in [7, 11) is 0. The minimum Gasteiger partial charge on any atom is -0.504 e. The summed E-state index contributed by atoms with van der Waals surface area (Å²) in [5, 5.41) is 34.7. The highest BCUT2D eigenvalue weighted by Crippen LogP contribution is 2.61. The maximum Gasteiger partial charge on any atom is 0.222 e. The zero-order chi connectivity index (χ0) is 30.0. The molecule has 3 fully saturated rings. The van der Waals surface area contributed by atoms with Crippen LogP contribution >= 0.6 is 0 Å². The van der Waals surface area contributed by atoms with Crippen molar-refractivity contribution < 1.29 is 20.1 Å². The number of phenolic OH excluding ortho intramolecular Hbond substituents is 2. The lowest BCUT2D eigenvalue weighted by molar-refractivity contribution is -0.180. The van der Waals surface area contributed by atoms with Crippen molar-refractivity contribution in [2.24, 2.45) is 5.92 Å². The van der Waals surface area contributed by atoms with E-state index in [-0.39, 0.29) is 29.5 Å². The summed E-state index contributed by atoms with van der Waals surface area (Å²) >= 11 is 0. The number of nitrogens with zero attached hydrogens (tertiary/aromatic N) is 2. The van der Waals surface area contributed by atoms with Gasteiger partial charge in [-0.25, -0.2) is 0 Å². The normalized spacial score (nSPS) is 28.2. The van der Waals surface area contributed by atoms with Gasteiger partial charge in [-0.3, -0.25) is 9.69 Å². The molecule has 2 saturated carbocycles. The Bertz CT molecular complexity index is 1260. The van der Waals surface area contributed by atoms with E-state index in [4.69, 9.17) is 0 Å². The average Bonchev–Trinajstić information content (AvgIpc) is 3.83. The van der Waals surface area contributed by atoms with E-state index in [0.717, 1.165) is 94.5 Å². The Morgan fingerprint density at radius 1 is 0.977 bits per heavy atom. The van der Waals surface area contributed by atoms with Gasteiger partial charge in [0.1, 0.15) is 0 Å². The number of hydrogen-bond donors (Lipinski definition) is 3. The van der Waals surface area contributed by atoms with E-state index in [9.17, 15) is 20.1 Å². The fraction of sp³-hybridized carbons (Fsp3) is 0.649. The van der Waals surface area contributed by atoms with Crippen molar-refractivity contribution in [3.05, 3.63) is 59.2 Å². The molecule has 234 valence electrons. The van der Waals surface area contributed by atoms with Crippen molar-refractivity contribution >= 4 is 5.91 Å². The number of likely N-dealkylation sites (tertiary alicyclic amines) is 1. The minimum atomic E-state index is -0.982. The van der Waals surface area contributed by atoms with Crippen LogP contribution in [-0.4, -0.2) is 68.3 Å². The first-order valence-corrected chi connectivity index (χ1v) is 17.2. The molecule has 2 aromatic carbocycles. The second-order valence-corrected chi connectivity index (χ2v) is 14.1. The fourth-order valence-corrected chi connectivity index (χ4v) is 8.91. The van der Waals surface area contributed by atoms with Gasteiger partial charge in [0, 0.05) is 42.6 Å². The van der Waals surface area contributed by atoms with Crippen molar-refractivity contribution in [1.82, 2.24) is 9.80 Å². The van der Waals surface area contributed by atoms with Gasteiger partial charge in [0.15, 0.2) is 11.5 Å². The molecule has 6 nitrogen and oxygen atoms in total. The number of piperidine rings is 1. The van der Waals surface area contributed by atoms with Gasteiger partial charge in [-0.05, 0) is 100 Å². The predicted molar refractivity (Wildman–Crippen MR) is 170 cm³/mol. The topological polar surface area (TPSA) is 84.2 Å². The summed E-state index contributed by atoms with van der Waals surface area (Å²) < 4.78 is 0. The summed E-state index contributed by atoms with van der Waals surface area (Å²) in [6.07, 6.45) is 13.9. The van der Waals surface area contributed by atoms with Crippen LogP contribution in [0.25, 0.3) is 0 Å². The Balaban J connectivity index is 1.22. The zero-order valence-electron chi connectivity index (χ0n) is 26.1. The van der Waals surface area contributed by atoms with Crippen molar-refractivity contribution in [2.75, 3.05) is 19.6 Å². The van der Waals surface area contributed by atoms with Crippen LogP contribution in [0.2, 0.25) is 0 Å². The molecule has 3 N–H and O–H groups in total. The molecule has 1 amide bonds. The van der Waals surface area contributed by atoms with Gasteiger partial charge in [0.05, 0.1) is 5.60 Å². The zero-order valence-corrected chi connectivity index (χ0v) is 26.1. The third-order valence-corrected chi connectivity index (χ3v) is 11.4. The predicted octanol–water partition coefficient (Wildman–Crippen LogP) is 6.48. The van der Waals surface area contributed by atoms with E-state index in [1.807, 2.05) is 6.07 Å². The number of fused-ring (bicyclic) bond motifs is 1. The quantitative estimate of drug-likeness (QED) is 0.184. The molecule has 1 heterocycles. The van der Waals surface area contributed by atoms with Crippen LogP contribution in [0.1, 0.15) is 107 Å². The van der Waals surface area contributed by atoms with Gasteiger partial charge in [-0.2, -0.15) is 0 Å². The summed E-state index contributed by atoms with van der Waals surface area (Å²) in [5.41, 5.74) is 1.50. The molecule has 2 aromatic rings. The van der Waals surface area contributed by atoms with Crippen LogP contribution < -0.4 is 0 Å². The number of unbranched alkanes of at least 4 members (excludes halogenated alkanes) is 4. The van der Waals surface area contributed by atoms with Crippen LogP contribution in [0.5, 0.6) is 11.5 Å². The lowest BCUT2D eigenvalue weighted by atomic mass is 9.48. The van der Waals surface area contributed by atoms with Crippen LogP contribution in [0, 0.1) is 5.92 Å². The monoisotopic (exact) mass is 588 g/mol. The van der Waals surface area contributed by atoms with E-state index in [1.54, 1.807) is 6.07 Å². The van der Waals surface area contributed by atoms with Crippen LogP contribution in [0.3, 0.4) is 0 Å². The SMILES string of the molecule is CCCCCN(C(=O)CCCCCc1ccccc1)[C@@H]1CC[C@@]2(O)[C@H]3Cc4ccc(O)c(O)c4[C@@]2(CCN3CC2CC2)C1. The molecule has 1 aliphatic heterocycles. The number of phenols is 2. The van der Waals surface area contributed by atoms with E-state index in [2.05, 4.69) is 47.1 Å². The maximum atomic E-state index is 13.9. The highest BCUT2D eigenvalue weighted by Gasteiger charge is 2.66. The van der Waals surface area contributed by atoms with Crippen molar-refractivity contribution in [3.63, 3.8) is 0 Å². The number of rotatable bonds is 13. The fourth-order valence-electron chi connectivity index (χ4n) is 8.91. The van der Waals surface area contributed by atoms with E-state index < -0.39 is 11.0 Å². The molecule has 4 atom stereocenters. The number of carbonyl (C=O) groups excluding carboxylic acids is 1. The molecular weight excluding hydrogens is 536 g/mol. The molecule has 6 heteroatoms. The molecule has 6 rings (SSSR count). The van der Waals surface area contributed by atoms with Crippen molar-refractivity contribution in [3.8, 4) is 11.5 Å². The van der Waals surface area contributed by atoms with Crippen LogP contribution in [0.4, 0.5) is 0 Å². The summed E-state index contributed by atoms with van der Waals surface area (Å²) in [5.74, 6) is 0.804. The molecule has 4 aliphatic rings. The maximum absolute atomic E-state index is 13.9. The lowest BCUT2D eigenvalue weighted by Gasteiger charge is -2.65. The van der Waals surface area contributed by atoms with E-state index >= 15 is 0 Å². The highest BCUT2D eigenvalue weighted by atomic mass is 16.3. The number of carbonyl (C=O) groups is 1. The molecule has 43 heavy (non-hydrogen) atoms. The first-order valence-electron chi connectivity index (χ1n) is 17.2. The number of aryl methyl sites for hydroxylation is 1. The van der Waals surface area contributed by atoms with Crippen LogP contribution in [-0.2, 0) is 23.1 Å². The Labute approximate surface area is 258 Å². The van der Waals surface area contributed by atoms with Gasteiger partial charge in [0.2, 0.25) is 5.91 Å². The summed E-state index contributed by atoms with van der Waals surface area (Å²) in [4.78, 5) is 18.6. The van der Waals surface area contributed by atoms with Gasteiger partial charge in [-0.15, -0.1) is 0 Å². The van der Waals surface area contributed by atoms with Gasteiger partial charge >= 0.3 is 0 Å². The Hall–Kier alpha value is -2.57. The van der Waals surface area contributed by atoms with Crippen molar-refractivity contribution in [2.45, 2.75) is 126 Å². The first kappa shape index (κ1) is 30.5. The first-order chi connectivity index (χ1) is 20.9. The molecular formula is C37H52N2O4. The van der Waals surface area contributed by atoms with Crippen LogP contribution in [0.15, 0.2) is 42.5 Å². The standard InChI is InChI=1S/C37H52N2O4/c1-2-3-10-22-39(33(41)14-9-5-8-13-27-11-6-4-7-12-27)30-19-20-37(43)32-24-29-17-18-31(40)35(42)34(29)36(37,25-30)21-23-38(32)26-28-15-16-28/h4,6-7,11-12,17-18,28,30,32,40,42-43H,2-3,5,8-10,13-16,19-26H2,1H3/t30-,32-,36-,37-/m1/s1. The Morgan fingerprint density at radius 2 is 1.79 bits per heavy atom. The molecule has 0 aromatic heterocycles. The summed E-state index contributed by atoms with van der Waals surface area (Å²) in [6.45, 7) is 4.88. The second-order valence-electron chi connectivity index (χ2n) is 14.1. The van der Waals surface area contributed by atoms with Gasteiger partial charge in [0.25, 0.3) is 0 Å². The molecule has 0 spiro atoms. The third-order valence-electron chi connectivity index (χ3n) is 11.4. The number of amides is 1. The molecule has 0 radical (unpaired) electrons. The number of hydrogen-bond acceptors (Lipinski definition) is 5. The largest absolute Gasteiger partial charge is 0.504 e. The number of benzene rings is 2. The van der Waals surface area contributed by atoms with Gasteiger partial charge < -0.3 is 20.2 Å². The highest BCUT2D eigenvalue weighted by molar-refractivity contribution is 5.76. The molecule has 2 bridgehead atoms. The molecule has 3 aliphatic carbocycles. The second kappa shape index (κ2) is 12.8. The Kier molecular flexibility index (Phi) is 9.07. The smallest absolute Gasteiger partial charge is 0.222 e. The van der Waals surface area contributed by atoms with E-state index in [1.165, 1.54) is 18.4 Å². The van der Waals surface area contributed by atoms with Gasteiger partial charge in [-0.1, -0.05) is 62.6 Å².